The van der Waals surface area contributed by atoms with Crippen LogP contribution in [0.25, 0.3) is 5.69 Å². The molecule has 1 unspecified atom stereocenters. The average molecular weight is 273 g/mol. The zero-order valence-electron chi connectivity index (χ0n) is 11.4. The number of ether oxygens (including phenoxy) is 2. The Balaban J connectivity index is 1.50. The normalized spacial score (nSPS) is 19.1. The molecule has 1 N–H and O–H groups in total. The summed E-state index contributed by atoms with van der Waals surface area (Å²) in [5.74, 6) is 0. The van der Waals surface area contributed by atoms with E-state index in [1.807, 2.05) is 47.3 Å². The molecule has 2 heterocycles. The van der Waals surface area contributed by atoms with Crippen molar-refractivity contribution in [3.63, 3.8) is 0 Å². The Bertz CT molecular complexity index is 521. The molecule has 20 heavy (non-hydrogen) atoms. The lowest BCUT2D eigenvalue weighted by atomic mass is 10.3. The summed E-state index contributed by atoms with van der Waals surface area (Å²) >= 11 is 0. The van der Waals surface area contributed by atoms with Crippen molar-refractivity contribution in [2.24, 2.45) is 0 Å². The predicted octanol–water partition coefficient (Wildman–Crippen LogP) is 1.38. The van der Waals surface area contributed by atoms with E-state index >= 15 is 0 Å². The van der Waals surface area contributed by atoms with Crippen molar-refractivity contribution < 1.29 is 9.47 Å². The van der Waals surface area contributed by atoms with Gasteiger partial charge < -0.3 is 14.8 Å². The van der Waals surface area contributed by atoms with Gasteiger partial charge in [0.25, 0.3) is 0 Å². The van der Waals surface area contributed by atoms with Crippen molar-refractivity contribution in [1.29, 1.82) is 0 Å². The number of hydrogen-bond acceptors (Lipinski definition) is 4. The minimum absolute atomic E-state index is 0.153. The van der Waals surface area contributed by atoms with Crippen LogP contribution in [0.4, 0.5) is 0 Å². The molecule has 0 spiro atoms. The number of hydrogen-bond donors (Lipinski definition) is 1. The quantitative estimate of drug-likeness (QED) is 0.894. The highest BCUT2D eigenvalue weighted by molar-refractivity contribution is 5.30. The fourth-order valence-electron chi connectivity index (χ4n) is 2.18. The van der Waals surface area contributed by atoms with E-state index in [1.165, 1.54) is 0 Å². The fourth-order valence-corrected chi connectivity index (χ4v) is 2.18. The Morgan fingerprint density at radius 2 is 2.20 bits per heavy atom. The maximum Gasteiger partial charge on any atom is 0.0933 e. The Morgan fingerprint density at radius 1 is 1.30 bits per heavy atom. The fraction of sp³-hybridized carbons (Fsp3) is 0.400. The van der Waals surface area contributed by atoms with Crippen LogP contribution in [-0.4, -0.2) is 42.2 Å². The van der Waals surface area contributed by atoms with Crippen molar-refractivity contribution in [1.82, 2.24) is 15.1 Å². The van der Waals surface area contributed by atoms with E-state index in [0.29, 0.717) is 13.2 Å². The van der Waals surface area contributed by atoms with Crippen LogP contribution in [0.5, 0.6) is 0 Å². The zero-order chi connectivity index (χ0) is 13.6. The maximum absolute atomic E-state index is 5.67. The molecule has 0 aliphatic carbocycles. The predicted molar refractivity (Wildman–Crippen MR) is 75.8 cm³/mol. The molecule has 5 nitrogen and oxygen atoms in total. The number of morpholine rings is 1. The summed E-state index contributed by atoms with van der Waals surface area (Å²) < 4.78 is 13.1. The molecule has 1 atom stereocenters. The van der Waals surface area contributed by atoms with Crippen molar-refractivity contribution in [3.05, 3.63) is 48.3 Å². The van der Waals surface area contributed by atoms with Crippen LogP contribution < -0.4 is 5.32 Å². The van der Waals surface area contributed by atoms with E-state index < -0.39 is 0 Å². The van der Waals surface area contributed by atoms with Gasteiger partial charge in [-0.1, -0.05) is 18.2 Å². The second-order valence-electron chi connectivity index (χ2n) is 4.80. The first-order chi connectivity index (χ1) is 9.92. The van der Waals surface area contributed by atoms with Gasteiger partial charge in [0, 0.05) is 19.3 Å². The number of rotatable bonds is 5. The van der Waals surface area contributed by atoms with Gasteiger partial charge in [-0.25, -0.2) is 4.68 Å². The monoisotopic (exact) mass is 273 g/mol. The van der Waals surface area contributed by atoms with Crippen molar-refractivity contribution in [3.8, 4) is 5.69 Å². The molecule has 0 amide bonds. The Labute approximate surface area is 118 Å². The van der Waals surface area contributed by atoms with Gasteiger partial charge in [-0.15, -0.1) is 0 Å². The minimum atomic E-state index is 0.153. The third-order valence-corrected chi connectivity index (χ3v) is 3.22. The molecule has 1 fully saturated rings. The molecule has 1 aliphatic heterocycles. The summed E-state index contributed by atoms with van der Waals surface area (Å²) in [6, 6.07) is 12.0. The van der Waals surface area contributed by atoms with Crippen LogP contribution in [-0.2, 0) is 16.1 Å². The lowest BCUT2D eigenvalue weighted by Gasteiger charge is -2.23. The SMILES string of the molecule is c1ccc(-n2ccc(COCC3CNCCO3)n2)cc1. The summed E-state index contributed by atoms with van der Waals surface area (Å²) in [6.45, 7) is 3.66. The lowest BCUT2D eigenvalue weighted by Crippen LogP contribution is -2.40. The van der Waals surface area contributed by atoms with Gasteiger partial charge in [0.15, 0.2) is 0 Å². The number of benzene rings is 1. The molecule has 2 aromatic rings. The molecule has 106 valence electrons. The van der Waals surface area contributed by atoms with Gasteiger partial charge in [0.2, 0.25) is 0 Å². The van der Waals surface area contributed by atoms with Gasteiger partial charge >= 0.3 is 0 Å². The number of aromatic nitrogens is 2. The maximum atomic E-state index is 5.67. The molecule has 5 heteroatoms. The van der Waals surface area contributed by atoms with E-state index in [1.54, 1.807) is 0 Å². The molecule has 0 radical (unpaired) electrons. The highest BCUT2D eigenvalue weighted by Gasteiger charge is 2.13. The number of para-hydroxylation sites is 1. The molecule has 0 saturated carbocycles. The summed E-state index contributed by atoms with van der Waals surface area (Å²) in [6.07, 6.45) is 2.10. The first-order valence-corrected chi connectivity index (χ1v) is 6.92. The second-order valence-corrected chi connectivity index (χ2v) is 4.80. The highest BCUT2D eigenvalue weighted by Crippen LogP contribution is 2.08. The Kier molecular flexibility index (Phi) is 4.42. The summed E-state index contributed by atoms with van der Waals surface area (Å²) in [7, 11) is 0. The van der Waals surface area contributed by atoms with Gasteiger partial charge in [-0.3, -0.25) is 0 Å². The Morgan fingerprint density at radius 3 is 3.00 bits per heavy atom. The topological polar surface area (TPSA) is 48.3 Å². The van der Waals surface area contributed by atoms with Crippen LogP contribution >= 0.6 is 0 Å². The third-order valence-electron chi connectivity index (χ3n) is 3.22. The standard InChI is InChI=1S/C15H19N3O2/c1-2-4-14(5-3-1)18-8-6-13(17-18)11-19-12-15-10-16-7-9-20-15/h1-6,8,15-16H,7,9-12H2. The van der Waals surface area contributed by atoms with Crippen molar-refractivity contribution >= 4 is 0 Å². The van der Waals surface area contributed by atoms with E-state index in [4.69, 9.17) is 9.47 Å². The number of nitrogens with one attached hydrogen (secondary N) is 1. The molecule has 0 bridgehead atoms. The lowest BCUT2D eigenvalue weighted by molar-refractivity contribution is -0.0363. The Hall–Kier alpha value is -1.69. The molecule has 1 aliphatic rings. The van der Waals surface area contributed by atoms with Crippen LogP contribution in [0.1, 0.15) is 5.69 Å². The smallest absolute Gasteiger partial charge is 0.0933 e. The van der Waals surface area contributed by atoms with E-state index in [2.05, 4.69) is 10.4 Å². The summed E-state index contributed by atoms with van der Waals surface area (Å²) in [5, 5.41) is 7.78. The van der Waals surface area contributed by atoms with Crippen LogP contribution in [0.15, 0.2) is 42.6 Å². The average Bonchev–Trinajstić information content (AvgIpc) is 2.98. The highest BCUT2D eigenvalue weighted by atomic mass is 16.5. The van der Waals surface area contributed by atoms with E-state index in [0.717, 1.165) is 31.1 Å². The third kappa shape index (κ3) is 3.45. The summed E-state index contributed by atoms with van der Waals surface area (Å²) in [4.78, 5) is 0. The van der Waals surface area contributed by atoms with Crippen LogP contribution in [0, 0.1) is 0 Å². The molecule has 1 aromatic heterocycles. The first-order valence-electron chi connectivity index (χ1n) is 6.92. The van der Waals surface area contributed by atoms with Crippen LogP contribution in [0.2, 0.25) is 0 Å². The van der Waals surface area contributed by atoms with Crippen molar-refractivity contribution in [2.45, 2.75) is 12.7 Å². The van der Waals surface area contributed by atoms with Gasteiger partial charge in [-0.05, 0) is 18.2 Å². The second kappa shape index (κ2) is 6.65. The summed E-state index contributed by atoms with van der Waals surface area (Å²) in [5.41, 5.74) is 1.98. The zero-order valence-corrected chi connectivity index (χ0v) is 11.4. The molecule has 1 aromatic carbocycles. The van der Waals surface area contributed by atoms with Gasteiger partial charge in [0.05, 0.1) is 37.3 Å². The van der Waals surface area contributed by atoms with Crippen LogP contribution in [0.3, 0.4) is 0 Å². The molecule has 1 saturated heterocycles. The molecular formula is C15H19N3O2. The van der Waals surface area contributed by atoms with E-state index in [9.17, 15) is 0 Å². The van der Waals surface area contributed by atoms with Crippen molar-refractivity contribution in [2.75, 3.05) is 26.3 Å². The minimum Gasteiger partial charge on any atom is -0.373 e. The van der Waals surface area contributed by atoms with E-state index in [-0.39, 0.29) is 6.10 Å². The van der Waals surface area contributed by atoms with Gasteiger partial charge in [0.1, 0.15) is 0 Å². The number of nitrogens with zero attached hydrogens (tertiary/aromatic N) is 2. The van der Waals surface area contributed by atoms with Gasteiger partial charge in [-0.2, -0.15) is 5.10 Å². The first kappa shape index (κ1) is 13.3. The largest absolute Gasteiger partial charge is 0.373 e. The molecular weight excluding hydrogens is 254 g/mol. The molecule has 3 rings (SSSR count).